The molecule has 0 N–H and O–H groups in total. The maximum absolute atomic E-state index is 14.5. The summed E-state index contributed by atoms with van der Waals surface area (Å²) in [6.45, 7) is 10.4. The number of benzene rings is 2. The predicted octanol–water partition coefficient (Wildman–Crippen LogP) is 6.71. The Bertz CT molecular complexity index is 773. The van der Waals surface area contributed by atoms with Crippen molar-refractivity contribution >= 4 is 21.5 Å². The van der Waals surface area contributed by atoms with Crippen LogP contribution in [0.3, 0.4) is 0 Å². The second-order valence-electron chi connectivity index (χ2n) is 6.94. The number of halogens is 2. The van der Waals surface area contributed by atoms with Gasteiger partial charge in [-0.15, -0.1) is 6.58 Å². The molecule has 0 unspecified atom stereocenters. The van der Waals surface area contributed by atoms with E-state index in [9.17, 15) is 4.39 Å². The van der Waals surface area contributed by atoms with Gasteiger partial charge in [0.15, 0.2) is 0 Å². The van der Waals surface area contributed by atoms with E-state index in [1.54, 1.807) is 6.07 Å². The topological polar surface area (TPSA) is 12.5 Å². The second-order valence-corrected chi connectivity index (χ2v) is 7.86. The van der Waals surface area contributed by atoms with E-state index in [0.29, 0.717) is 23.5 Å². The molecular formula is C24H29BrFNO. The molecule has 0 amide bonds. The highest BCUT2D eigenvalue weighted by Gasteiger charge is 2.10. The van der Waals surface area contributed by atoms with E-state index in [1.165, 1.54) is 18.9 Å². The average Bonchev–Trinajstić information content (AvgIpc) is 2.67. The molecule has 2 aromatic carbocycles. The summed E-state index contributed by atoms with van der Waals surface area (Å²) in [5.74, 6) is 0.256. The summed E-state index contributed by atoms with van der Waals surface area (Å²) in [4.78, 5) is 2.26. The van der Waals surface area contributed by atoms with Crippen molar-refractivity contribution in [3.63, 3.8) is 0 Å². The third kappa shape index (κ3) is 7.25. The Labute approximate surface area is 176 Å². The summed E-state index contributed by atoms with van der Waals surface area (Å²) in [7, 11) is 2.11. The Hall–Kier alpha value is -1.91. The minimum atomic E-state index is -0.310. The normalized spacial score (nSPS) is 10.9. The van der Waals surface area contributed by atoms with E-state index in [2.05, 4.69) is 41.0 Å². The summed E-state index contributed by atoms with van der Waals surface area (Å²) in [6, 6.07) is 12.7. The van der Waals surface area contributed by atoms with Gasteiger partial charge in [-0.05, 0) is 61.8 Å². The summed E-state index contributed by atoms with van der Waals surface area (Å²) < 4.78 is 21.2. The van der Waals surface area contributed by atoms with Gasteiger partial charge < -0.3 is 9.64 Å². The van der Waals surface area contributed by atoms with Gasteiger partial charge >= 0.3 is 0 Å². The minimum Gasteiger partial charge on any atom is -0.493 e. The van der Waals surface area contributed by atoms with E-state index in [-0.39, 0.29) is 5.82 Å². The van der Waals surface area contributed by atoms with Crippen molar-refractivity contribution in [3.8, 4) is 5.75 Å². The molecule has 2 rings (SSSR count). The largest absolute Gasteiger partial charge is 0.493 e. The third-order valence-electron chi connectivity index (χ3n) is 4.60. The first-order valence-electron chi connectivity index (χ1n) is 9.68. The molecule has 150 valence electrons. The first-order valence-corrected chi connectivity index (χ1v) is 10.5. The molecule has 0 heterocycles. The van der Waals surface area contributed by atoms with E-state index >= 15 is 0 Å². The zero-order valence-corrected chi connectivity index (χ0v) is 18.2. The van der Waals surface area contributed by atoms with Crippen molar-refractivity contribution < 1.29 is 9.13 Å². The fourth-order valence-electron chi connectivity index (χ4n) is 2.98. The molecule has 0 bridgehead atoms. The van der Waals surface area contributed by atoms with E-state index in [0.717, 1.165) is 36.0 Å². The van der Waals surface area contributed by atoms with Gasteiger partial charge in [0.2, 0.25) is 0 Å². The van der Waals surface area contributed by atoms with Gasteiger partial charge in [-0.2, -0.15) is 0 Å². The highest BCUT2D eigenvalue weighted by molar-refractivity contribution is 9.10. The molecule has 0 aliphatic heterocycles. The molecule has 0 saturated heterocycles. The summed E-state index contributed by atoms with van der Waals surface area (Å²) in [5.41, 5.74) is 2.06. The molecule has 0 aliphatic carbocycles. The zero-order valence-electron chi connectivity index (χ0n) is 16.6. The fourth-order valence-corrected chi connectivity index (χ4v) is 3.24. The van der Waals surface area contributed by atoms with Crippen LogP contribution in [0.25, 0.3) is 5.57 Å². The molecule has 2 nitrogen and oxygen atoms in total. The van der Waals surface area contributed by atoms with Crippen LogP contribution in [0.15, 0.2) is 66.2 Å². The van der Waals surface area contributed by atoms with Gasteiger partial charge in [-0.1, -0.05) is 53.6 Å². The minimum absolute atomic E-state index is 0.310. The van der Waals surface area contributed by atoms with Gasteiger partial charge in [0.05, 0.1) is 6.61 Å². The third-order valence-corrected chi connectivity index (χ3v) is 5.13. The van der Waals surface area contributed by atoms with Gasteiger partial charge in [0.25, 0.3) is 0 Å². The molecule has 4 heteroatoms. The highest BCUT2D eigenvalue weighted by atomic mass is 79.9. The molecule has 0 aromatic heterocycles. The summed E-state index contributed by atoms with van der Waals surface area (Å²) >= 11 is 3.41. The summed E-state index contributed by atoms with van der Waals surface area (Å²) in [5, 5.41) is 0. The van der Waals surface area contributed by atoms with Crippen molar-refractivity contribution in [2.24, 2.45) is 0 Å². The molecule has 0 radical (unpaired) electrons. The molecule has 28 heavy (non-hydrogen) atoms. The molecule has 0 fully saturated rings. The number of hydrogen-bond donors (Lipinski definition) is 0. The lowest BCUT2D eigenvalue weighted by atomic mass is 9.99. The maximum Gasteiger partial charge on any atom is 0.134 e. The van der Waals surface area contributed by atoms with Crippen LogP contribution in [-0.2, 0) is 0 Å². The van der Waals surface area contributed by atoms with E-state index < -0.39 is 0 Å². The van der Waals surface area contributed by atoms with Crippen LogP contribution >= 0.6 is 15.9 Å². The summed E-state index contributed by atoms with van der Waals surface area (Å²) in [6.07, 6.45) is 6.35. The SMILES string of the molecule is C=CCN(C)CCCCCCOc1ccc(C(=C)c2ccc(Br)cc2)c(F)c1. The van der Waals surface area contributed by atoms with Crippen LogP contribution in [-0.4, -0.2) is 31.6 Å². The first kappa shape index (κ1) is 22.4. The van der Waals surface area contributed by atoms with Crippen LogP contribution in [0.1, 0.15) is 36.8 Å². The standard InChI is InChI=1S/C24H29BrFNO/c1-4-15-27(3)16-7-5-6-8-17-28-22-13-14-23(24(26)18-22)19(2)20-9-11-21(25)12-10-20/h4,9-14,18H,1-2,5-8,15-17H2,3H3. The Morgan fingerprint density at radius 1 is 1.11 bits per heavy atom. The van der Waals surface area contributed by atoms with Crippen molar-refractivity contribution in [1.29, 1.82) is 0 Å². The zero-order chi connectivity index (χ0) is 20.4. The molecule has 0 aliphatic rings. The average molecular weight is 446 g/mol. The Morgan fingerprint density at radius 3 is 2.50 bits per heavy atom. The number of nitrogens with zero attached hydrogens (tertiary/aromatic N) is 1. The number of unbranched alkanes of at least 4 members (excludes halogenated alkanes) is 3. The number of ether oxygens (including phenoxy) is 1. The van der Waals surface area contributed by atoms with Crippen LogP contribution in [0.2, 0.25) is 0 Å². The first-order chi connectivity index (χ1) is 13.5. The van der Waals surface area contributed by atoms with Gasteiger partial charge in [0, 0.05) is 22.6 Å². The number of hydrogen-bond acceptors (Lipinski definition) is 2. The lowest BCUT2D eigenvalue weighted by Gasteiger charge is -2.13. The highest BCUT2D eigenvalue weighted by Crippen LogP contribution is 2.27. The fraction of sp³-hybridized carbons (Fsp3) is 0.333. The second kappa shape index (κ2) is 11.8. The van der Waals surface area contributed by atoms with E-state index in [4.69, 9.17) is 4.74 Å². The van der Waals surface area contributed by atoms with Crippen LogP contribution in [0.5, 0.6) is 5.75 Å². The molecule has 0 atom stereocenters. The molecule has 2 aromatic rings. The molecule has 0 saturated carbocycles. The van der Waals surface area contributed by atoms with Gasteiger partial charge in [0.1, 0.15) is 11.6 Å². The molecule has 0 spiro atoms. The maximum atomic E-state index is 14.5. The molecular weight excluding hydrogens is 417 g/mol. The Morgan fingerprint density at radius 2 is 1.82 bits per heavy atom. The quantitative estimate of drug-likeness (QED) is 0.266. The van der Waals surface area contributed by atoms with Crippen LogP contribution < -0.4 is 4.74 Å². The van der Waals surface area contributed by atoms with Crippen LogP contribution in [0.4, 0.5) is 4.39 Å². The van der Waals surface area contributed by atoms with Gasteiger partial charge in [-0.25, -0.2) is 4.39 Å². The van der Waals surface area contributed by atoms with E-state index in [1.807, 2.05) is 36.4 Å². The number of likely N-dealkylation sites (N-methyl/N-ethyl adjacent to an activating group) is 1. The Kier molecular flexibility index (Phi) is 9.45. The predicted molar refractivity (Wildman–Crippen MR) is 120 cm³/mol. The van der Waals surface area contributed by atoms with Crippen molar-refractivity contribution in [2.75, 3.05) is 26.7 Å². The smallest absolute Gasteiger partial charge is 0.134 e. The van der Waals surface area contributed by atoms with Crippen molar-refractivity contribution in [1.82, 2.24) is 4.90 Å². The van der Waals surface area contributed by atoms with Crippen molar-refractivity contribution in [2.45, 2.75) is 25.7 Å². The van der Waals surface area contributed by atoms with Gasteiger partial charge in [-0.3, -0.25) is 0 Å². The van der Waals surface area contributed by atoms with Crippen molar-refractivity contribution in [3.05, 3.63) is 83.1 Å². The Balaban J connectivity index is 1.75. The lowest BCUT2D eigenvalue weighted by molar-refractivity contribution is 0.299. The number of rotatable bonds is 12. The lowest BCUT2D eigenvalue weighted by Crippen LogP contribution is -2.19. The monoisotopic (exact) mass is 445 g/mol. The van der Waals surface area contributed by atoms with Crippen LogP contribution in [0, 0.1) is 5.82 Å².